The van der Waals surface area contributed by atoms with E-state index in [1.165, 1.54) is 4.31 Å². The van der Waals surface area contributed by atoms with E-state index in [9.17, 15) is 13.2 Å². The van der Waals surface area contributed by atoms with Crippen molar-refractivity contribution < 1.29 is 13.2 Å². The molecule has 6 heteroatoms. The Morgan fingerprint density at radius 1 is 1.25 bits per heavy atom. The summed E-state index contributed by atoms with van der Waals surface area (Å²) in [5.41, 5.74) is 5.22. The van der Waals surface area contributed by atoms with Crippen LogP contribution in [0.25, 0.3) is 0 Å². The molecule has 1 aliphatic heterocycles. The highest BCUT2D eigenvalue weighted by atomic mass is 32.2. The molecule has 5 nitrogen and oxygen atoms in total. The fourth-order valence-electron chi connectivity index (χ4n) is 2.41. The van der Waals surface area contributed by atoms with Gasteiger partial charge < -0.3 is 5.73 Å². The predicted octanol–water partition coefficient (Wildman–Crippen LogP) is 0.0660. The van der Waals surface area contributed by atoms with Crippen molar-refractivity contribution in [1.82, 2.24) is 4.31 Å². The van der Waals surface area contributed by atoms with Crippen LogP contribution in [0.2, 0.25) is 0 Å². The van der Waals surface area contributed by atoms with Crippen LogP contribution < -0.4 is 5.73 Å². The minimum absolute atomic E-state index is 0.191. The summed E-state index contributed by atoms with van der Waals surface area (Å²) in [4.78, 5) is 11.1. The SMILES string of the molecule is NC(=O)[C@H]1CCCN1S(=O)(=O)CC1CCC1. The van der Waals surface area contributed by atoms with Gasteiger partial charge in [-0.2, -0.15) is 4.31 Å². The van der Waals surface area contributed by atoms with Gasteiger partial charge in [-0.15, -0.1) is 0 Å². The number of hydrogen-bond acceptors (Lipinski definition) is 3. The summed E-state index contributed by atoms with van der Waals surface area (Å²) in [5, 5.41) is 0. The summed E-state index contributed by atoms with van der Waals surface area (Å²) in [6, 6.07) is -0.606. The van der Waals surface area contributed by atoms with Crippen LogP contribution >= 0.6 is 0 Å². The van der Waals surface area contributed by atoms with Crippen molar-refractivity contribution in [2.75, 3.05) is 12.3 Å². The van der Waals surface area contributed by atoms with Crippen LogP contribution in [0.3, 0.4) is 0 Å². The average molecular weight is 246 g/mol. The normalized spacial score (nSPS) is 27.9. The van der Waals surface area contributed by atoms with Gasteiger partial charge in [-0.3, -0.25) is 4.79 Å². The number of amides is 1. The van der Waals surface area contributed by atoms with Gasteiger partial charge in [0.1, 0.15) is 6.04 Å². The summed E-state index contributed by atoms with van der Waals surface area (Å²) < 4.78 is 25.5. The molecule has 2 N–H and O–H groups in total. The average Bonchev–Trinajstić information content (AvgIpc) is 2.60. The molecule has 0 aromatic rings. The molecule has 2 rings (SSSR count). The van der Waals surface area contributed by atoms with Gasteiger partial charge in [0.2, 0.25) is 15.9 Å². The van der Waals surface area contributed by atoms with Crippen LogP contribution in [0.4, 0.5) is 0 Å². The van der Waals surface area contributed by atoms with Crippen molar-refractivity contribution in [2.24, 2.45) is 11.7 Å². The Bertz CT molecular complexity index is 376. The van der Waals surface area contributed by atoms with Gasteiger partial charge in [-0.05, 0) is 31.6 Å². The highest BCUT2D eigenvalue weighted by Gasteiger charge is 2.39. The number of hydrogen-bond donors (Lipinski definition) is 1. The predicted molar refractivity (Wildman–Crippen MR) is 60.1 cm³/mol. The lowest BCUT2D eigenvalue weighted by Gasteiger charge is -2.29. The quantitative estimate of drug-likeness (QED) is 0.762. The molecule has 16 heavy (non-hydrogen) atoms. The van der Waals surface area contributed by atoms with Gasteiger partial charge in [0, 0.05) is 6.54 Å². The molecule has 1 saturated heterocycles. The number of rotatable bonds is 4. The van der Waals surface area contributed by atoms with Crippen molar-refractivity contribution >= 4 is 15.9 Å². The lowest BCUT2D eigenvalue weighted by molar-refractivity contribution is -0.121. The van der Waals surface area contributed by atoms with Gasteiger partial charge in [0.05, 0.1) is 5.75 Å². The number of carbonyl (C=O) groups is 1. The third-order valence-corrected chi connectivity index (χ3v) is 5.60. The maximum atomic E-state index is 12.1. The van der Waals surface area contributed by atoms with Crippen molar-refractivity contribution in [2.45, 2.75) is 38.1 Å². The van der Waals surface area contributed by atoms with Crippen LogP contribution in [0.5, 0.6) is 0 Å². The number of carbonyl (C=O) groups excluding carboxylic acids is 1. The zero-order valence-electron chi connectivity index (χ0n) is 9.26. The minimum atomic E-state index is -3.28. The van der Waals surface area contributed by atoms with E-state index in [1.807, 2.05) is 0 Å². The summed E-state index contributed by atoms with van der Waals surface area (Å²) in [7, 11) is -3.28. The monoisotopic (exact) mass is 246 g/mol. The summed E-state index contributed by atoms with van der Waals surface area (Å²) in [6.45, 7) is 0.447. The summed E-state index contributed by atoms with van der Waals surface area (Å²) >= 11 is 0. The molecule has 0 radical (unpaired) electrons. The van der Waals surface area contributed by atoms with E-state index < -0.39 is 22.0 Å². The van der Waals surface area contributed by atoms with Gasteiger partial charge in [0.15, 0.2) is 0 Å². The molecule has 0 aromatic heterocycles. The maximum absolute atomic E-state index is 12.1. The van der Waals surface area contributed by atoms with Gasteiger partial charge in [-0.1, -0.05) is 6.42 Å². The first kappa shape index (κ1) is 11.9. The standard InChI is InChI=1S/C10H18N2O3S/c11-10(13)9-5-2-6-12(9)16(14,15)7-8-3-1-4-8/h8-9H,1-7H2,(H2,11,13)/t9-/m1/s1. The molecule has 1 amide bonds. The molecular weight excluding hydrogens is 228 g/mol. The number of sulfonamides is 1. The van der Waals surface area contributed by atoms with Crippen LogP contribution in [0.15, 0.2) is 0 Å². The molecule has 92 valence electrons. The highest BCUT2D eigenvalue weighted by molar-refractivity contribution is 7.89. The van der Waals surface area contributed by atoms with Gasteiger partial charge in [0.25, 0.3) is 0 Å². The lowest BCUT2D eigenvalue weighted by atomic mass is 9.87. The molecule has 1 heterocycles. The van der Waals surface area contributed by atoms with Crippen LogP contribution in [-0.2, 0) is 14.8 Å². The first-order chi connectivity index (χ1) is 7.50. The number of nitrogens with two attached hydrogens (primary N) is 1. The fraction of sp³-hybridized carbons (Fsp3) is 0.900. The van der Waals surface area contributed by atoms with Crippen LogP contribution in [-0.4, -0.2) is 37.0 Å². The zero-order chi connectivity index (χ0) is 11.8. The lowest BCUT2D eigenvalue weighted by Crippen LogP contribution is -2.45. The first-order valence-electron chi connectivity index (χ1n) is 5.79. The van der Waals surface area contributed by atoms with E-state index in [4.69, 9.17) is 5.73 Å². The minimum Gasteiger partial charge on any atom is -0.368 e. The molecule has 2 fully saturated rings. The summed E-state index contributed by atoms with van der Waals surface area (Å²) in [5.74, 6) is -0.0367. The fourth-order valence-corrected chi connectivity index (χ4v) is 4.54. The van der Waals surface area contributed by atoms with E-state index in [-0.39, 0.29) is 5.75 Å². The highest BCUT2D eigenvalue weighted by Crippen LogP contribution is 2.30. The largest absolute Gasteiger partial charge is 0.368 e. The van der Waals surface area contributed by atoms with Crippen LogP contribution in [0.1, 0.15) is 32.1 Å². The molecular formula is C10H18N2O3S. The van der Waals surface area contributed by atoms with E-state index in [1.54, 1.807) is 0 Å². The van der Waals surface area contributed by atoms with Crippen molar-refractivity contribution in [3.05, 3.63) is 0 Å². The second-order valence-corrected chi connectivity index (χ2v) is 6.71. The topological polar surface area (TPSA) is 80.5 Å². The second kappa shape index (κ2) is 4.33. The Morgan fingerprint density at radius 2 is 1.94 bits per heavy atom. The van der Waals surface area contributed by atoms with Crippen molar-refractivity contribution in [3.63, 3.8) is 0 Å². The number of primary amides is 1. The molecule has 1 saturated carbocycles. The first-order valence-corrected chi connectivity index (χ1v) is 7.40. The van der Waals surface area contributed by atoms with E-state index >= 15 is 0 Å². The van der Waals surface area contributed by atoms with Gasteiger partial charge in [-0.25, -0.2) is 8.42 Å². The molecule has 2 aliphatic rings. The van der Waals surface area contributed by atoms with Crippen molar-refractivity contribution in [3.8, 4) is 0 Å². The Labute approximate surface area is 96.0 Å². The molecule has 0 aromatic carbocycles. The number of nitrogens with zero attached hydrogens (tertiary/aromatic N) is 1. The van der Waals surface area contributed by atoms with E-state index in [0.717, 1.165) is 25.7 Å². The summed E-state index contributed by atoms with van der Waals surface area (Å²) in [6.07, 6.45) is 4.42. The Hall–Kier alpha value is -0.620. The molecule has 0 bridgehead atoms. The van der Waals surface area contributed by atoms with Gasteiger partial charge >= 0.3 is 0 Å². The molecule has 0 unspecified atom stereocenters. The third kappa shape index (κ3) is 2.22. The molecule has 1 aliphatic carbocycles. The Balaban J connectivity index is 2.06. The van der Waals surface area contributed by atoms with Crippen molar-refractivity contribution in [1.29, 1.82) is 0 Å². The van der Waals surface area contributed by atoms with E-state index in [0.29, 0.717) is 18.9 Å². The third-order valence-electron chi connectivity index (χ3n) is 3.56. The molecule has 1 atom stereocenters. The van der Waals surface area contributed by atoms with E-state index in [2.05, 4.69) is 0 Å². The Morgan fingerprint density at radius 3 is 2.44 bits per heavy atom. The second-order valence-electron chi connectivity index (χ2n) is 4.75. The Kier molecular flexibility index (Phi) is 3.21. The smallest absolute Gasteiger partial charge is 0.235 e. The molecule has 0 spiro atoms. The maximum Gasteiger partial charge on any atom is 0.235 e. The van der Waals surface area contributed by atoms with Crippen LogP contribution in [0, 0.1) is 5.92 Å². The zero-order valence-corrected chi connectivity index (χ0v) is 10.1.